The second-order valence-corrected chi connectivity index (χ2v) is 9.77. The van der Waals surface area contributed by atoms with E-state index < -0.39 is 27.7 Å². The molecule has 1 heterocycles. The van der Waals surface area contributed by atoms with Crippen LogP contribution in [0.3, 0.4) is 0 Å². The molecule has 0 saturated carbocycles. The Bertz CT molecular complexity index is 1040. The summed E-state index contributed by atoms with van der Waals surface area (Å²) in [5, 5.41) is 2.35. The van der Waals surface area contributed by atoms with E-state index in [-0.39, 0.29) is 29.6 Å². The van der Waals surface area contributed by atoms with Gasteiger partial charge in [-0.3, -0.25) is 9.69 Å². The van der Waals surface area contributed by atoms with Gasteiger partial charge in [0.2, 0.25) is 15.9 Å². The average molecular weight is 470 g/mol. The molecule has 2 aromatic rings. The summed E-state index contributed by atoms with van der Waals surface area (Å²) >= 11 is 0. The first-order valence-corrected chi connectivity index (χ1v) is 11.8. The Morgan fingerprint density at radius 1 is 1.12 bits per heavy atom. The van der Waals surface area contributed by atoms with Crippen molar-refractivity contribution >= 4 is 21.6 Å². The molecule has 2 aromatic carbocycles. The molecule has 0 radical (unpaired) electrons. The molecule has 1 aliphatic rings. The van der Waals surface area contributed by atoms with E-state index in [2.05, 4.69) is 10.0 Å². The Balaban J connectivity index is 1.54. The predicted octanol–water partition coefficient (Wildman–Crippen LogP) is 3.64. The largest absolute Gasteiger partial charge is 0.418 e. The van der Waals surface area contributed by atoms with Crippen molar-refractivity contribution in [3.8, 4) is 0 Å². The zero-order chi connectivity index (χ0) is 23.4. The number of hydrogen-bond acceptors (Lipinski definition) is 4. The lowest BCUT2D eigenvalue weighted by atomic mass is 9.98. The summed E-state index contributed by atoms with van der Waals surface area (Å²) in [6.07, 6.45) is -3.00. The van der Waals surface area contributed by atoms with Crippen molar-refractivity contribution in [3.63, 3.8) is 0 Å². The van der Waals surface area contributed by atoms with E-state index in [1.807, 2.05) is 11.8 Å². The molecular formula is C22H26F3N3O3S. The third-order valence-electron chi connectivity index (χ3n) is 5.37. The van der Waals surface area contributed by atoms with E-state index >= 15 is 0 Å². The number of hydrogen-bond donors (Lipinski definition) is 2. The summed E-state index contributed by atoms with van der Waals surface area (Å²) in [4.78, 5) is 14.4. The molecule has 1 atom stereocenters. The normalized spacial score (nSPS) is 17.8. The molecule has 1 saturated heterocycles. The zero-order valence-corrected chi connectivity index (χ0v) is 18.5. The standard InChI is InChI=1S/C22H26F3N3O3S/c1-16-8-10-18(11-9-16)32(30,31)26-13-17-5-4-12-28(14-17)15-21(29)27-20-7-3-2-6-19(20)22(23,24)25/h2-3,6-11,17,26H,4-5,12-15H2,1H3,(H,27,29). The highest BCUT2D eigenvalue weighted by atomic mass is 32.2. The van der Waals surface area contributed by atoms with Crippen LogP contribution in [0.2, 0.25) is 0 Å². The number of alkyl halides is 3. The SMILES string of the molecule is Cc1ccc(S(=O)(=O)NCC2CCCN(CC(=O)Nc3ccccc3C(F)(F)F)C2)cc1. The van der Waals surface area contributed by atoms with Gasteiger partial charge in [-0.1, -0.05) is 29.8 Å². The van der Waals surface area contributed by atoms with Gasteiger partial charge in [-0.25, -0.2) is 13.1 Å². The van der Waals surface area contributed by atoms with Crippen molar-refractivity contribution in [1.82, 2.24) is 9.62 Å². The maximum Gasteiger partial charge on any atom is 0.418 e. The number of rotatable bonds is 7. The fourth-order valence-electron chi connectivity index (χ4n) is 3.72. The molecule has 10 heteroatoms. The minimum absolute atomic E-state index is 0.000709. The number of nitrogens with zero attached hydrogens (tertiary/aromatic N) is 1. The number of carbonyl (C=O) groups excluding carboxylic acids is 1. The second kappa shape index (κ2) is 10.0. The smallest absolute Gasteiger partial charge is 0.324 e. The fourth-order valence-corrected chi connectivity index (χ4v) is 4.84. The van der Waals surface area contributed by atoms with Crippen molar-refractivity contribution in [2.45, 2.75) is 30.8 Å². The van der Waals surface area contributed by atoms with Gasteiger partial charge < -0.3 is 5.32 Å². The minimum atomic E-state index is -4.56. The van der Waals surface area contributed by atoms with Crippen LogP contribution in [0.1, 0.15) is 24.0 Å². The molecule has 174 valence electrons. The third-order valence-corrected chi connectivity index (χ3v) is 6.81. The van der Waals surface area contributed by atoms with Gasteiger partial charge in [0.1, 0.15) is 0 Å². The van der Waals surface area contributed by atoms with Crippen LogP contribution in [-0.2, 0) is 21.0 Å². The van der Waals surface area contributed by atoms with Crippen LogP contribution >= 0.6 is 0 Å². The molecule has 1 amide bonds. The van der Waals surface area contributed by atoms with E-state index in [1.54, 1.807) is 24.3 Å². The van der Waals surface area contributed by atoms with E-state index in [4.69, 9.17) is 0 Å². The molecule has 3 rings (SSSR count). The van der Waals surface area contributed by atoms with Crippen LogP contribution in [0, 0.1) is 12.8 Å². The lowest BCUT2D eigenvalue weighted by Crippen LogP contribution is -2.44. The van der Waals surface area contributed by atoms with Crippen molar-refractivity contribution in [2.24, 2.45) is 5.92 Å². The number of amides is 1. The summed E-state index contributed by atoms with van der Waals surface area (Å²) < 4.78 is 66.9. The Labute approximate surface area is 185 Å². The van der Waals surface area contributed by atoms with E-state index in [0.717, 1.165) is 24.5 Å². The number of carbonyl (C=O) groups is 1. The van der Waals surface area contributed by atoms with Crippen LogP contribution < -0.4 is 10.0 Å². The molecular weight excluding hydrogens is 443 g/mol. The lowest BCUT2D eigenvalue weighted by molar-refractivity contribution is -0.137. The molecule has 0 aromatic heterocycles. The number of likely N-dealkylation sites (tertiary alicyclic amines) is 1. The number of anilines is 1. The Kier molecular flexibility index (Phi) is 7.58. The number of halogens is 3. The molecule has 1 aliphatic heterocycles. The number of benzene rings is 2. The van der Waals surface area contributed by atoms with Crippen LogP contribution in [-0.4, -0.2) is 45.4 Å². The number of piperidine rings is 1. The first kappa shape index (κ1) is 24.2. The summed E-state index contributed by atoms with van der Waals surface area (Å²) in [5.41, 5.74) is -0.206. The molecule has 1 unspecified atom stereocenters. The monoisotopic (exact) mass is 469 g/mol. The summed E-state index contributed by atoms with van der Waals surface area (Å²) in [6, 6.07) is 11.4. The van der Waals surface area contributed by atoms with Gasteiger partial charge in [-0.15, -0.1) is 0 Å². The van der Waals surface area contributed by atoms with E-state index in [0.29, 0.717) is 13.1 Å². The van der Waals surface area contributed by atoms with Crippen molar-refractivity contribution < 1.29 is 26.4 Å². The molecule has 2 N–H and O–H groups in total. The first-order valence-electron chi connectivity index (χ1n) is 10.3. The summed E-state index contributed by atoms with van der Waals surface area (Å²) in [5.74, 6) is -0.540. The van der Waals surface area contributed by atoms with Gasteiger partial charge >= 0.3 is 6.18 Å². The highest BCUT2D eigenvalue weighted by Gasteiger charge is 2.33. The third kappa shape index (κ3) is 6.54. The molecule has 0 spiro atoms. The molecule has 0 bridgehead atoms. The molecule has 6 nitrogen and oxygen atoms in total. The van der Waals surface area contributed by atoms with Gasteiger partial charge in [-0.2, -0.15) is 13.2 Å². The average Bonchev–Trinajstić information content (AvgIpc) is 2.72. The first-order chi connectivity index (χ1) is 15.0. The number of aryl methyl sites for hydroxylation is 1. The fraction of sp³-hybridized carbons (Fsp3) is 0.409. The zero-order valence-electron chi connectivity index (χ0n) is 17.7. The van der Waals surface area contributed by atoms with Crippen molar-refractivity contribution in [3.05, 3.63) is 59.7 Å². The highest BCUT2D eigenvalue weighted by molar-refractivity contribution is 7.89. The topological polar surface area (TPSA) is 78.5 Å². The Morgan fingerprint density at radius 3 is 2.50 bits per heavy atom. The quantitative estimate of drug-likeness (QED) is 0.649. The molecule has 32 heavy (non-hydrogen) atoms. The number of sulfonamides is 1. The van der Waals surface area contributed by atoms with Crippen LogP contribution in [0.25, 0.3) is 0 Å². The van der Waals surface area contributed by atoms with Gasteiger partial charge in [0.05, 0.1) is 22.7 Å². The summed E-state index contributed by atoms with van der Waals surface area (Å²) in [6.45, 7) is 3.14. The van der Waals surface area contributed by atoms with Gasteiger partial charge in [0.25, 0.3) is 0 Å². The lowest BCUT2D eigenvalue weighted by Gasteiger charge is -2.32. The van der Waals surface area contributed by atoms with Gasteiger partial charge in [0.15, 0.2) is 0 Å². The van der Waals surface area contributed by atoms with Crippen LogP contribution in [0.5, 0.6) is 0 Å². The van der Waals surface area contributed by atoms with Crippen LogP contribution in [0.15, 0.2) is 53.4 Å². The van der Waals surface area contributed by atoms with Gasteiger partial charge in [0, 0.05) is 13.1 Å². The van der Waals surface area contributed by atoms with Crippen molar-refractivity contribution in [1.29, 1.82) is 0 Å². The minimum Gasteiger partial charge on any atom is -0.324 e. The van der Waals surface area contributed by atoms with E-state index in [1.165, 1.54) is 18.2 Å². The van der Waals surface area contributed by atoms with Gasteiger partial charge in [-0.05, 0) is 56.5 Å². The van der Waals surface area contributed by atoms with E-state index in [9.17, 15) is 26.4 Å². The maximum absolute atomic E-state index is 13.1. The predicted molar refractivity (Wildman–Crippen MR) is 116 cm³/mol. The summed E-state index contributed by atoms with van der Waals surface area (Å²) in [7, 11) is -3.63. The Hall–Kier alpha value is -2.43. The highest BCUT2D eigenvalue weighted by Crippen LogP contribution is 2.34. The number of nitrogens with one attached hydrogen (secondary N) is 2. The molecule has 0 aliphatic carbocycles. The Morgan fingerprint density at radius 2 is 1.81 bits per heavy atom. The number of para-hydroxylation sites is 1. The van der Waals surface area contributed by atoms with Crippen LogP contribution in [0.4, 0.5) is 18.9 Å². The maximum atomic E-state index is 13.1. The van der Waals surface area contributed by atoms with Crippen molar-refractivity contribution in [2.75, 3.05) is 31.5 Å². The molecule has 1 fully saturated rings. The second-order valence-electron chi connectivity index (χ2n) is 8.00.